The van der Waals surface area contributed by atoms with Crippen molar-refractivity contribution in [1.82, 2.24) is 0 Å². The third kappa shape index (κ3) is 1.71. The number of nitro groups is 1. The van der Waals surface area contributed by atoms with Gasteiger partial charge in [-0.25, -0.2) is 0 Å². The van der Waals surface area contributed by atoms with Crippen LogP contribution in [0.3, 0.4) is 0 Å². The van der Waals surface area contributed by atoms with Gasteiger partial charge in [0.15, 0.2) is 0 Å². The van der Waals surface area contributed by atoms with Crippen molar-refractivity contribution in [2.24, 2.45) is 0 Å². The molecule has 1 aromatic rings. The quantitative estimate of drug-likeness (QED) is 0.408. The maximum atomic E-state index is 10.2. The van der Waals surface area contributed by atoms with E-state index in [1.807, 2.05) is 0 Å². The molecule has 0 aliphatic heterocycles. The van der Waals surface area contributed by atoms with Crippen LogP contribution in [0.5, 0.6) is 5.75 Å². The molecule has 0 aliphatic rings. The van der Waals surface area contributed by atoms with Crippen molar-refractivity contribution in [2.45, 2.75) is 0 Å². The molecule has 0 aromatic heterocycles. The number of benzene rings is 1. The van der Waals surface area contributed by atoms with Crippen molar-refractivity contribution in [1.29, 1.82) is 0 Å². The van der Waals surface area contributed by atoms with Crippen molar-refractivity contribution in [3.63, 3.8) is 0 Å². The molecule has 0 heterocycles. The summed E-state index contributed by atoms with van der Waals surface area (Å²) < 4.78 is 0.696. The zero-order valence-corrected chi connectivity index (χ0v) is 7.27. The fraction of sp³-hybridized carbons (Fsp3) is 0. The Morgan fingerprint density at radius 1 is 1.55 bits per heavy atom. The van der Waals surface area contributed by atoms with Gasteiger partial charge in [0.2, 0.25) is 0 Å². The third-order valence-corrected chi connectivity index (χ3v) is 1.74. The van der Waals surface area contributed by atoms with Gasteiger partial charge in [-0.15, -0.1) is 0 Å². The average Bonchev–Trinajstić information content (AvgIpc) is 1.94. The van der Waals surface area contributed by atoms with Gasteiger partial charge in [0, 0.05) is 0 Å². The van der Waals surface area contributed by atoms with Gasteiger partial charge in [-0.1, -0.05) is 0 Å². The molecule has 0 unspecified atom stereocenters. The summed E-state index contributed by atoms with van der Waals surface area (Å²) in [5.74, 6) is -0.301. The Hall–Kier alpha value is -1.02. The van der Waals surface area contributed by atoms with E-state index >= 15 is 0 Å². The molecule has 5 heteroatoms. The second-order valence-corrected chi connectivity index (χ2v) is 3.01. The molecule has 11 heavy (non-hydrogen) atoms. The summed E-state index contributed by atoms with van der Waals surface area (Å²) >= 11 is 2.17. The molecule has 0 saturated heterocycles. The average molecular weight is 213 g/mol. The molecule has 0 bridgehead atoms. The summed E-state index contributed by atoms with van der Waals surface area (Å²) in [5, 5.41) is 19.2. The third-order valence-electron chi connectivity index (χ3n) is 1.16. The van der Waals surface area contributed by atoms with Gasteiger partial charge in [0.25, 0.3) is 0 Å². The number of nitro benzene ring substituents is 1. The summed E-state index contributed by atoms with van der Waals surface area (Å²) in [6, 6.07) is 4.18. The molecule has 2 radical (unpaired) electrons. The second-order valence-electron chi connectivity index (χ2n) is 1.93. The Kier molecular flexibility index (Phi) is 2.15. The molecule has 56 valence electrons. The van der Waals surface area contributed by atoms with Crippen molar-refractivity contribution in [2.75, 3.05) is 0 Å². The van der Waals surface area contributed by atoms with Crippen LogP contribution in [0.2, 0.25) is 0 Å². The van der Waals surface area contributed by atoms with Gasteiger partial charge in [-0.2, -0.15) is 0 Å². The molecule has 0 amide bonds. The van der Waals surface area contributed by atoms with Gasteiger partial charge < -0.3 is 0 Å². The SMILES string of the molecule is O=[N+]([O-])c1cc([As])ccc1O. The minimum atomic E-state index is -0.619. The number of hydrogen-bond donors (Lipinski definition) is 1. The van der Waals surface area contributed by atoms with E-state index in [2.05, 4.69) is 16.9 Å². The van der Waals surface area contributed by atoms with E-state index in [4.69, 9.17) is 5.11 Å². The molecular weight excluding hydrogens is 209 g/mol. The number of aromatic hydroxyl groups is 1. The Bertz CT molecular complexity index is 300. The zero-order valence-electron chi connectivity index (χ0n) is 5.39. The van der Waals surface area contributed by atoms with Gasteiger partial charge >= 0.3 is 71.0 Å². The fourth-order valence-electron chi connectivity index (χ4n) is 0.658. The Balaban J connectivity index is 3.23. The van der Waals surface area contributed by atoms with Crippen LogP contribution >= 0.6 is 0 Å². The van der Waals surface area contributed by atoms with Crippen LogP contribution in [0.1, 0.15) is 0 Å². The molecule has 0 saturated carbocycles. The normalized spacial score (nSPS) is 9.55. The van der Waals surface area contributed by atoms with Crippen LogP contribution < -0.4 is 4.35 Å². The molecule has 4 nitrogen and oxygen atoms in total. The van der Waals surface area contributed by atoms with Crippen LogP contribution in [-0.2, 0) is 0 Å². The minimum absolute atomic E-state index is 0.261. The van der Waals surface area contributed by atoms with Crippen molar-refractivity contribution in [3.05, 3.63) is 28.3 Å². The summed E-state index contributed by atoms with van der Waals surface area (Å²) in [4.78, 5) is 9.59. The van der Waals surface area contributed by atoms with Crippen LogP contribution in [0.15, 0.2) is 18.2 Å². The number of phenols is 1. The van der Waals surface area contributed by atoms with Crippen LogP contribution in [0, 0.1) is 10.1 Å². The number of phenolic OH excluding ortho intramolecular Hbond substituents is 1. The fourth-order valence-corrected chi connectivity index (χ4v) is 1.07. The van der Waals surface area contributed by atoms with E-state index in [0.717, 1.165) is 0 Å². The van der Waals surface area contributed by atoms with Gasteiger partial charge in [-0.3, -0.25) is 0 Å². The topological polar surface area (TPSA) is 63.4 Å². The van der Waals surface area contributed by atoms with Crippen molar-refractivity contribution in [3.8, 4) is 5.75 Å². The summed E-state index contributed by atoms with van der Waals surface area (Å²) in [5.41, 5.74) is -0.261. The molecule has 0 fully saturated rings. The standard InChI is InChI=1S/C6H4AsNO3/c7-4-1-2-6(9)5(3-4)8(10)11/h1-3,9H. The molecule has 1 rings (SSSR count). The molecule has 0 aliphatic carbocycles. The number of rotatable bonds is 1. The van der Waals surface area contributed by atoms with E-state index in [1.54, 1.807) is 6.07 Å². The monoisotopic (exact) mass is 213 g/mol. The molecule has 1 aromatic carbocycles. The first-order chi connectivity index (χ1) is 5.11. The van der Waals surface area contributed by atoms with E-state index < -0.39 is 4.92 Å². The Morgan fingerprint density at radius 2 is 2.18 bits per heavy atom. The van der Waals surface area contributed by atoms with E-state index in [0.29, 0.717) is 4.35 Å². The van der Waals surface area contributed by atoms with Crippen molar-refractivity contribution >= 4 is 26.9 Å². The van der Waals surface area contributed by atoms with Gasteiger partial charge in [0.1, 0.15) is 0 Å². The second kappa shape index (κ2) is 2.92. The Labute approximate surface area is 71.5 Å². The summed E-state index contributed by atoms with van der Waals surface area (Å²) in [6.07, 6.45) is 0. The first kappa shape index (κ1) is 8.08. The number of hydrogen-bond acceptors (Lipinski definition) is 3. The van der Waals surface area contributed by atoms with Crippen LogP contribution in [0.4, 0.5) is 5.69 Å². The summed E-state index contributed by atoms with van der Waals surface area (Å²) in [7, 11) is 0. The molecule has 1 N–H and O–H groups in total. The maximum absolute atomic E-state index is 10.2. The first-order valence-electron chi connectivity index (χ1n) is 2.77. The van der Waals surface area contributed by atoms with E-state index in [-0.39, 0.29) is 11.4 Å². The summed E-state index contributed by atoms with van der Waals surface area (Å²) in [6.45, 7) is 0. The van der Waals surface area contributed by atoms with Gasteiger partial charge in [-0.05, 0) is 0 Å². The predicted molar refractivity (Wildman–Crippen MR) is 40.1 cm³/mol. The molecular formula is C6H4AsNO3. The van der Waals surface area contributed by atoms with E-state index in [9.17, 15) is 10.1 Å². The van der Waals surface area contributed by atoms with Crippen LogP contribution in [0.25, 0.3) is 0 Å². The molecule has 0 atom stereocenters. The van der Waals surface area contributed by atoms with E-state index in [1.165, 1.54) is 12.1 Å². The van der Waals surface area contributed by atoms with Crippen molar-refractivity contribution < 1.29 is 10.0 Å². The first-order valence-corrected chi connectivity index (χ1v) is 3.71. The predicted octanol–water partition coefficient (Wildman–Crippen LogP) is 0.0942. The number of nitrogens with zero attached hydrogens (tertiary/aromatic N) is 1. The molecule has 0 spiro atoms. The van der Waals surface area contributed by atoms with Crippen LogP contribution in [-0.4, -0.2) is 26.9 Å². The van der Waals surface area contributed by atoms with Gasteiger partial charge in [0.05, 0.1) is 0 Å². The Morgan fingerprint density at radius 3 is 2.64 bits per heavy atom. The zero-order chi connectivity index (χ0) is 8.43.